The van der Waals surface area contributed by atoms with E-state index < -0.39 is 10.0 Å². The molecule has 0 fully saturated rings. The second-order valence-electron chi connectivity index (χ2n) is 5.97. The molecule has 2 aromatic rings. The second-order valence-corrected chi connectivity index (χ2v) is 7.68. The number of sulfonamides is 1. The van der Waals surface area contributed by atoms with E-state index in [0.717, 1.165) is 12.1 Å². The maximum Gasteiger partial charge on any atom is 0.258 e. The quantitative estimate of drug-likeness (QED) is 0.782. The van der Waals surface area contributed by atoms with Crippen molar-refractivity contribution in [2.45, 2.75) is 31.8 Å². The number of nitrogens with zero attached hydrogens (tertiary/aromatic N) is 4. The fourth-order valence-corrected chi connectivity index (χ4v) is 3.06. The Morgan fingerprint density at radius 2 is 2.04 bits per heavy atom. The topological polar surface area (TPSA) is 88.1 Å². The van der Waals surface area contributed by atoms with E-state index in [0.29, 0.717) is 24.8 Å². The zero-order valence-electron chi connectivity index (χ0n) is 14.2. The Morgan fingerprint density at radius 1 is 1.25 bits per heavy atom. The van der Waals surface area contributed by atoms with Crippen molar-refractivity contribution in [3.8, 4) is 0 Å². The summed E-state index contributed by atoms with van der Waals surface area (Å²) in [5, 5.41) is 0.0229. The normalized spacial score (nSPS) is 11.7. The number of nitrogens with one attached hydrogen (secondary N) is 1. The lowest BCUT2D eigenvalue weighted by atomic mass is 10.1. The van der Waals surface area contributed by atoms with Gasteiger partial charge >= 0.3 is 0 Å². The molecular formula is C16H23N5O2S. The Labute approximate surface area is 143 Å². The van der Waals surface area contributed by atoms with Gasteiger partial charge in [0.15, 0.2) is 5.03 Å². The number of aromatic nitrogens is 3. The van der Waals surface area contributed by atoms with Crippen LogP contribution in [0.2, 0.25) is 0 Å². The zero-order valence-corrected chi connectivity index (χ0v) is 15.0. The molecule has 8 heteroatoms. The van der Waals surface area contributed by atoms with Crippen molar-refractivity contribution in [2.24, 2.45) is 5.92 Å². The van der Waals surface area contributed by atoms with Gasteiger partial charge in [-0.15, -0.1) is 0 Å². The number of anilines is 1. The largest absolute Gasteiger partial charge is 0.354 e. The predicted molar refractivity (Wildman–Crippen MR) is 93.0 cm³/mol. The van der Waals surface area contributed by atoms with Gasteiger partial charge in [0.2, 0.25) is 0 Å². The van der Waals surface area contributed by atoms with Crippen LogP contribution in [-0.2, 0) is 16.6 Å². The van der Waals surface area contributed by atoms with Gasteiger partial charge in [0.1, 0.15) is 5.82 Å². The van der Waals surface area contributed by atoms with Gasteiger partial charge in [0, 0.05) is 26.0 Å². The van der Waals surface area contributed by atoms with E-state index in [1.165, 1.54) is 6.07 Å². The van der Waals surface area contributed by atoms with E-state index in [-0.39, 0.29) is 5.03 Å². The zero-order chi connectivity index (χ0) is 17.6. The molecule has 2 heterocycles. The molecule has 0 saturated heterocycles. The van der Waals surface area contributed by atoms with Crippen molar-refractivity contribution in [1.29, 1.82) is 0 Å². The molecular weight excluding hydrogens is 326 g/mol. The summed E-state index contributed by atoms with van der Waals surface area (Å²) in [7, 11) is -1.77. The van der Waals surface area contributed by atoms with Gasteiger partial charge in [-0.25, -0.2) is 18.1 Å². The number of pyridine rings is 1. The molecule has 0 atom stereocenters. The molecule has 0 aliphatic heterocycles. The third kappa shape index (κ3) is 5.24. The van der Waals surface area contributed by atoms with Crippen LogP contribution < -0.4 is 9.62 Å². The number of hydrogen-bond acceptors (Lipinski definition) is 6. The van der Waals surface area contributed by atoms with Crippen LogP contribution in [-0.4, -0.2) is 37.0 Å². The molecule has 24 heavy (non-hydrogen) atoms. The van der Waals surface area contributed by atoms with Crippen molar-refractivity contribution in [1.82, 2.24) is 19.7 Å². The van der Waals surface area contributed by atoms with E-state index in [2.05, 4.69) is 33.5 Å². The van der Waals surface area contributed by atoms with Gasteiger partial charge in [0.05, 0.1) is 18.4 Å². The summed E-state index contributed by atoms with van der Waals surface area (Å²) in [4.78, 5) is 14.3. The third-order valence-electron chi connectivity index (χ3n) is 3.40. The van der Waals surface area contributed by atoms with Crippen LogP contribution in [0, 0.1) is 5.92 Å². The summed E-state index contributed by atoms with van der Waals surface area (Å²) < 4.78 is 27.3. The Bertz CT molecular complexity index is 750. The first-order chi connectivity index (χ1) is 11.4. The maximum absolute atomic E-state index is 12.3. The molecule has 0 unspecified atom stereocenters. The SMILES string of the molecule is CC(C)CCNS(=O)(=O)c1cccc(N(C)Cc2cnccn2)n1. The van der Waals surface area contributed by atoms with Crippen LogP contribution in [0.3, 0.4) is 0 Å². The number of rotatable bonds is 8. The van der Waals surface area contributed by atoms with Crippen LogP contribution in [0.15, 0.2) is 41.8 Å². The fraction of sp³-hybridized carbons (Fsp3) is 0.438. The predicted octanol–water partition coefficient (Wildman–Crippen LogP) is 1.83. The lowest BCUT2D eigenvalue weighted by molar-refractivity contribution is 0.549. The summed E-state index contributed by atoms with van der Waals surface area (Å²) in [6.45, 7) is 5.00. The van der Waals surface area contributed by atoms with E-state index in [4.69, 9.17) is 0 Å². The Balaban J connectivity index is 2.10. The highest BCUT2D eigenvalue weighted by Crippen LogP contribution is 2.15. The molecule has 0 aliphatic carbocycles. The lowest BCUT2D eigenvalue weighted by Crippen LogP contribution is -2.27. The van der Waals surface area contributed by atoms with E-state index in [1.54, 1.807) is 30.7 Å². The minimum atomic E-state index is -3.60. The maximum atomic E-state index is 12.3. The van der Waals surface area contributed by atoms with Crippen molar-refractivity contribution in [3.63, 3.8) is 0 Å². The first-order valence-electron chi connectivity index (χ1n) is 7.81. The van der Waals surface area contributed by atoms with Gasteiger partial charge in [-0.3, -0.25) is 9.97 Å². The van der Waals surface area contributed by atoms with E-state index in [9.17, 15) is 8.42 Å². The lowest BCUT2D eigenvalue weighted by Gasteiger charge is -2.18. The molecule has 7 nitrogen and oxygen atoms in total. The first-order valence-corrected chi connectivity index (χ1v) is 9.29. The van der Waals surface area contributed by atoms with Gasteiger partial charge in [0.25, 0.3) is 10.0 Å². The molecule has 0 spiro atoms. The Morgan fingerprint density at radius 3 is 2.71 bits per heavy atom. The highest BCUT2D eigenvalue weighted by atomic mass is 32.2. The fourth-order valence-electron chi connectivity index (χ4n) is 2.06. The van der Waals surface area contributed by atoms with Gasteiger partial charge in [-0.05, 0) is 24.5 Å². The standard InChI is InChI=1S/C16H23N5O2S/c1-13(2)7-8-19-24(22,23)16-6-4-5-15(20-16)21(3)12-14-11-17-9-10-18-14/h4-6,9-11,13,19H,7-8,12H2,1-3H3. The first kappa shape index (κ1) is 18.3. The summed E-state index contributed by atoms with van der Waals surface area (Å²) in [6.07, 6.45) is 5.68. The second kappa shape index (κ2) is 8.16. The summed E-state index contributed by atoms with van der Waals surface area (Å²) >= 11 is 0. The third-order valence-corrected chi connectivity index (χ3v) is 4.77. The van der Waals surface area contributed by atoms with Crippen LogP contribution in [0.4, 0.5) is 5.82 Å². The number of hydrogen-bond donors (Lipinski definition) is 1. The van der Waals surface area contributed by atoms with Crippen molar-refractivity contribution in [2.75, 3.05) is 18.5 Å². The van der Waals surface area contributed by atoms with Crippen LogP contribution in [0.5, 0.6) is 0 Å². The Hall–Kier alpha value is -2.06. The summed E-state index contributed by atoms with van der Waals surface area (Å²) in [5.41, 5.74) is 0.783. The van der Waals surface area contributed by atoms with E-state index >= 15 is 0 Å². The minimum Gasteiger partial charge on any atom is -0.354 e. The molecule has 0 aliphatic rings. The van der Waals surface area contributed by atoms with Gasteiger partial charge in [-0.1, -0.05) is 19.9 Å². The highest BCUT2D eigenvalue weighted by molar-refractivity contribution is 7.89. The molecule has 0 aromatic carbocycles. The van der Waals surface area contributed by atoms with Crippen molar-refractivity contribution >= 4 is 15.8 Å². The average Bonchev–Trinajstić information content (AvgIpc) is 2.55. The van der Waals surface area contributed by atoms with Gasteiger partial charge in [-0.2, -0.15) is 0 Å². The van der Waals surface area contributed by atoms with Crippen molar-refractivity contribution in [3.05, 3.63) is 42.5 Å². The molecule has 0 saturated carbocycles. The molecule has 2 rings (SSSR count). The monoisotopic (exact) mass is 349 g/mol. The van der Waals surface area contributed by atoms with Gasteiger partial charge < -0.3 is 4.90 Å². The average molecular weight is 349 g/mol. The Kier molecular flexibility index (Phi) is 6.22. The molecule has 0 bridgehead atoms. The minimum absolute atomic E-state index is 0.0229. The molecule has 0 amide bonds. The van der Waals surface area contributed by atoms with E-state index in [1.807, 2.05) is 11.9 Å². The molecule has 130 valence electrons. The summed E-state index contributed by atoms with van der Waals surface area (Å²) in [5.74, 6) is 0.998. The smallest absolute Gasteiger partial charge is 0.258 e. The molecule has 1 N–H and O–H groups in total. The van der Waals surface area contributed by atoms with Crippen LogP contribution in [0.25, 0.3) is 0 Å². The van der Waals surface area contributed by atoms with Crippen LogP contribution in [0.1, 0.15) is 26.0 Å². The summed E-state index contributed by atoms with van der Waals surface area (Å²) in [6, 6.07) is 4.95. The molecule has 0 radical (unpaired) electrons. The highest BCUT2D eigenvalue weighted by Gasteiger charge is 2.17. The molecule has 2 aromatic heterocycles. The van der Waals surface area contributed by atoms with Crippen molar-refractivity contribution < 1.29 is 8.42 Å². The van der Waals surface area contributed by atoms with Crippen LogP contribution >= 0.6 is 0 Å².